The second-order valence-electron chi connectivity index (χ2n) is 2.86. The molecule has 0 aliphatic heterocycles. The Labute approximate surface area is 55.4 Å². The molecule has 1 fully saturated rings. The van der Waals surface area contributed by atoms with Gasteiger partial charge < -0.3 is 0 Å². The quantitative estimate of drug-likeness (QED) is 0.563. The number of carbonyl (C=O) groups is 1. The van der Waals surface area contributed by atoms with E-state index in [4.69, 9.17) is 5.73 Å². The van der Waals surface area contributed by atoms with E-state index in [0.29, 0.717) is 0 Å². The van der Waals surface area contributed by atoms with Gasteiger partial charge in [-0.2, -0.15) is 0 Å². The Morgan fingerprint density at radius 3 is 2.33 bits per heavy atom. The fourth-order valence-electron chi connectivity index (χ4n) is 1.22. The highest BCUT2D eigenvalue weighted by atomic mass is 16.1. The van der Waals surface area contributed by atoms with Gasteiger partial charge in [0.05, 0.1) is 5.41 Å². The van der Waals surface area contributed by atoms with Gasteiger partial charge in [0.1, 0.15) is 0 Å². The van der Waals surface area contributed by atoms with Crippen molar-refractivity contribution in [2.75, 3.05) is 0 Å². The molecule has 2 heteroatoms. The zero-order valence-corrected chi connectivity index (χ0v) is 5.74. The molecule has 51 valence electrons. The van der Waals surface area contributed by atoms with Crippen molar-refractivity contribution in [1.82, 2.24) is 5.73 Å². The van der Waals surface area contributed by atoms with Crippen molar-refractivity contribution in [3.8, 4) is 0 Å². The molecule has 1 aliphatic rings. The second-order valence-corrected chi connectivity index (χ2v) is 2.86. The minimum atomic E-state index is -0.343. The number of carbonyl (C=O) groups excluding carboxylic acids is 1. The predicted molar refractivity (Wildman–Crippen MR) is 34.7 cm³/mol. The first kappa shape index (κ1) is 6.59. The molecule has 1 N–H and O–H groups in total. The SMILES string of the molecule is CCCC1(C([NH])=O)CC1. The summed E-state index contributed by atoms with van der Waals surface area (Å²) >= 11 is 0. The normalized spacial score (nSPS) is 21.4. The lowest BCUT2D eigenvalue weighted by Crippen LogP contribution is -2.15. The summed E-state index contributed by atoms with van der Waals surface area (Å²) in [5, 5.41) is 0. The lowest BCUT2D eigenvalue weighted by molar-refractivity contribution is -0.124. The summed E-state index contributed by atoms with van der Waals surface area (Å²) in [6.45, 7) is 2.06. The van der Waals surface area contributed by atoms with Crippen LogP contribution in [0.4, 0.5) is 0 Å². The summed E-state index contributed by atoms with van der Waals surface area (Å²) in [6, 6.07) is 0. The summed E-state index contributed by atoms with van der Waals surface area (Å²) in [5.41, 5.74) is 6.74. The van der Waals surface area contributed by atoms with Gasteiger partial charge in [-0.25, -0.2) is 0 Å². The Bertz CT molecular complexity index is 127. The van der Waals surface area contributed by atoms with Crippen LogP contribution >= 0.6 is 0 Å². The highest BCUT2D eigenvalue weighted by Crippen LogP contribution is 2.49. The fourth-order valence-corrected chi connectivity index (χ4v) is 1.22. The third-order valence-corrected chi connectivity index (χ3v) is 2.06. The maximum atomic E-state index is 10.6. The lowest BCUT2D eigenvalue weighted by Gasteiger charge is -2.05. The number of nitrogens with one attached hydrogen (secondary N) is 1. The topological polar surface area (TPSA) is 40.9 Å². The van der Waals surface area contributed by atoms with Gasteiger partial charge in [0, 0.05) is 0 Å². The Morgan fingerprint density at radius 2 is 2.22 bits per heavy atom. The van der Waals surface area contributed by atoms with E-state index in [9.17, 15) is 4.79 Å². The van der Waals surface area contributed by atoms with Gasteiger partial charge >= 0.3 is 0 Å². The van der Waals surface area contributed by atoms with Crippen LogP contribution in [0.1, 0.15) is 32.6 Å². The van der Waals surface area contributed by atoms with Gasteiger partial charge in [-0.15, -0.1) is 0 Å². The molecular formula is C7H12NO. The smallest absolute Gasteiger partial charge is 0.244 e. The first-order chi connectivity index (χ1) is 4.21. The molecule has 0 atom stereocenters. The van der Waals surface area contributed by atoms with Crippen LogP contribution in [-0.2, 0) is 4.79 Å². The lowest BCUT2D eigenvalue weighted by atomic mass is 10.0. The van der Waals surface area contributed by atoms with E-state index in [2.05, 4.69) is 6.92 Å². The van der Waals surface area contributed by atoms with Crippen LogP contribution in [-0.4, -0.2) is 5.91 Å². The maximum Gasteiger partial charge on any atom is 0.244 e. The van der Waals surface area contributed by atoms with E-state index in [1.54, 1.807) is 0 Å². The van der Waals surface area contributed by atoms with Gasteiger partial charge in [0.2, 0.25) is 5.91 Å². The average molecular weight is 126 g/mol. The third-order valence-electron chi connectivity index (χ3n) is 2.06. The first-order valence-electron chi connectivity index (χ1n) is 3.47. The third kappa shape index (κ3) is 1.07. The standard InChI is InChI=1S/C7H12NO/c1-2-3-7(4-5-7)6(8)9/h8H,2-5H2,1H3. The average Bonchev–Trinajstić information content (AvgIpc) is 2.49. The highest BCUT2D eigenvalue weighted by molar-refractivity contribution is 5.82. The summed E-state index contributed by atoms with van der Waals surface area (Å²) in [4.78, 5) is 10.6. The monoisotopic (exact) mass is 126 g/mol. The molecule has 2 nitrogen and oxygen atoms in total. The molecule has 0 saturated heterocycles. The van der Waals surface area contributed by atoms with Gasteiger partial charge in [-0.3, -0.25) is 10.5 Å². The largest absolute Gasteiger partial charge is 0.273 e. The molecule has 1 amide bonds. The van der Waals surface area contributed by atoms with Crippen LogP contribution in [0.5, 0.6) is 0 Å². The molecule has 0 aromatic carbocycles. The van der Waals surface area contributed by atoms with Crippen LogP contribution in [0, 0.1) is 5.41 Å². The van der Waals surface area contributed by atoms with Gasteiger partial charge in [0.25, 0.3) is 0 Å². The van der Waals surface area contributed by atoms with Crippen molar-refractivity contribution in [2.24, 2.45) is 5.41 Å². The van der Waals surface area contributed by atoms with Gasteiger partial charge in [-0.05, 0) is 19.3 Å². The second kappa shape index (κ2) is 2.01. The molecule has 1 saturated carbocycles. The zero-order chi connectivity index (χ0) is 6.91. The van der Waals surface area contributed by atoms with Crippen molar-refractivity contribution >= 4 is 5.91 Å². The van der Waals surface area contributed by atoms with E-state index in [0.717, 1.165) is 25.7 Å². The number of hydrogen-bond donors (Lipinski definition) is 0. The maximum absolute atomic E-state index is 10.6. The van der Waals surface area contributed by atoms with Crippen molar-refractivity contribution < 1.29 is 4.79 Å². The number of rotatable bonds is 3. The molecule has 0 aromatic rings. The Morgan fingerprint density at radius 1 is 1.67 bits per heavy atom. The van der Waals surface area contributed by atoms with Crippen LogP contribution in [0.3, 0.4) is 0 Å². The molecule has 9 heavy (non-hydrogen) atoms. The van der Waals surface area contributed by atoms with E-state index in [1.807, 2.05) is 0 Å². The molecule has 0 aromatic heterocycles. The van der Waals surface area contributed by atoms with Crippen LogP contribution in [0.25, 0.3) is 0 Å². The van der Waals surface area contributed by atoms with Gasteiger partial charge in [0.15, 0.2) is 0 Å². The van der Waals surface area contributed by atoms with Crippen LogP contribution in [0.2, 0.25) is 0 Å². The Kier molecular flexibility index (Phi) is 1.47. The van der Waals surface area contributed by atoms with Crippen LogP contribution < -0.4 is 5.73 Å². The minimum absolute atomic E-state index is 0.172. The van der Waals surface area contributed by atoms with E-state index in [1.165, 1.54) is 0 Å². The Hall–Kier alpha value is -0.530. The summed E-state index contributed by atoms with van der Waals surface area (Å²) in [6.07, 6.45) is 3.88. The number of hydrogen-bond acceptors (Lipinski definition) is 1. The van der Waals surface area contributed by atoms with E-state index in [-0.39, 0.29) is 11.3 Å². The van der Waals surface area contributed by atoms with E-state index >= 15 is 0 Å². The van der Waals surface area contributed by atoms with Crippen molar-refractivity contribution in [2.45, 2.75) is 32.6 Å². The Balaban J connectivity index is 2.43. The van der Waals surface area contributed by atoms with Gasteiger partial charge in [-0.1, -0.05) is 13.3 Å². The molecule has 0 bridgehead atoms. The minimum Gasteiger partial charge on any atom is -0.273 e. The highest BCUT2D eigenvalue weighted by Gasteiger charge is 2.47. The zero-order valence-electron chi connectivity index (χ0n) is 5.74. The molecule has 1 rings (SSSR count). The molecule has 1 aliphatic carbocycles. The molecule has 1 radical (unpaired) electrons. The molecular weight excluding hydrogens is 114 g/mol. The molecule has 0 unspecified atom stereocenters. The first-order valence-corrected chi connectivity index (χ1v) is 3.47. The fraction of sp³-hybridized carbons (Fsp3) is 0.857. The summed E-state index contributed by atoms with van der Waals surface area (Å²) < 4.78 is 0. The van der Waals surface area contributed by atoms with Crippen molar-refractivity contribution in [3.05, 3.63) is 0 Å². The van der Waals surface area contributed by atoms with Crippen molar-refractivity contribution in [1.29, 1.82) is 0 Å². The van der Waals surface area contributed by atoms with Crippen LogP contribution in [0.15, 0.2) is 0 Å². The molecule has 0 spiro atoms. The predicted octanol–water partition coefficient (Wildman–Crippen LogP) is 1.38. The van der Waals surface area contributed by atoms with E-state index < -0.39 is 0 Å². The number of amides is 1. The summed E-state index contributed by atoms with van der Waals surface area (Å²) in [7, 11) is 0. The summed E-state index contributed by atoms with van der Waals surface area (Å²) in [5.74, 6) is -0.343. The molecule has 0 heterocycles. The van der Waals surface area contributed by atoms with Crippen molar-refractivity contribution in [3.63, 3.8) is 0 Å².